The lowest BCUT2D eigenvalue weighted by atomic mass is 9.93. The Balaban J connectivity index is 2.12. The van der Waals surface area contributed by atoms with Crippen LogP contribution in [0.1, 0.15) is 34.8 Å². The van der Waals surface area contributed by atoms with E-state index >= 15 is 0 Å². The number of pyridine rings is 1. The number of benzene rings is 2. The van der Waals surface area contributed by atoms with Crippen molar-refractivity contribution in [1.29, 1.82) is 0 Å². The summed E-state index contributed by atoms with van der Waals surface area (Å²) >= 11 is 0. The van der Waals surface area contributed by atoms with Crippen molar-refractivity contribution in [3.05, 3.63) is 65.9 Å². The molecule has 1 heterocycles. The number of hydrogen-bond donors (Lipinski definition) is 0. The maximum Gasteiger partial charge on any atom is 0.152 e. The van der Waals surface area contributed by atoms with Crippen LogP contribution in [0.4, 0.5) is 0 Å². The van der Waals surface area contributed by atoms with Gasteiger partial charge in [0.2, 0.25) is 0 Å². The molecular weight excluding hydrogens is 258 g/mol. The fourth-order valence-electron chi connectivity index (χ4n) is 2.95. The van der Waals surface area contributed by atoms with Gasteiger partial charge in [0.1, 0.15) is 0 Å². The van der Waals surface area contributed by atoms with Crippen LogP contribution in [0.15, 0.2) is 54.6 Å². The number of aldehydes is 1. The van der Waals surface area contributed by atoms with Crippen LogP contribution >= 0.6 is 0 Å². The van der Waals surface area contributed by atoms with E-state index in [0.717, 1.165) is 52.4 Å². The number of nitrogens with zero attached hydrogens (tertiary/aromatic N) is 1. The van der Waals surface area contributed by atoms with Gasteiger partial charge in [-0.05, 0) is 24.5 Å². The summed E-state index contributed by atoms with van der Waals surface area (Å²) in [7, 11) is 0. The molecule has 0 saturated heterocycles. The lowest BCUT2D eigenvalue weighted by molar-refractivity contribution is 0.112. The minimum atomic E-state index is 0.456. The van der Waals surface area contributed by atoms with Gasteiger partial charge in [0.05, 0.1) is 11.2 Å². The fraction of sp³-hybridized carbons (Fsp3) is 0.158. The van der Waals surface area contributed by atoms with E-state index in [4.69, 9.17) is 4.98 Å². The smallest absolute Gasteiger partial charge is 0.152 e. The highest BCUT2D eigenvalue weighted by atomic mass is 16.1. The van der Waals surface area contributed by atoms with Crippen molar-refractivity contribution in [2.45, 2.75) is 18.8 Å². The Labute approximate surface area is 123 Å². The minimum Gasteiger partial charge on any atom is -0.298 e. The normalized spacial score (nSPS) is 14.3. The van der Waals surface area contributed by atoms with Crippen LogP contribution in [0.3, 0.4) is 0 Å². The maximum atomic E-state index is 11.8. The summed E-state index contributed by atoms with van der Waals surface area (Å²) in [4.78, 5) is 16.5. The topological polar surface area (TPSA) is 30.0 Å². The second-order valence-corrected chi connectivity index (χ2v) is 5.56. The molecule has 1 aliphatic carbocycles. The van der Waals surface area contributed by atoms with Gasteiger partial charge in [-0.2, -0.15) is 0 Å². The molecule has 0 atom stereocenters. The number of fused-ring (bicyclic) bond motifs is 1. The second-order valence-electron chi connectivity index (χ2n) is 5.56. The third-order valence-corrected chi connectivity index (χ3v) is 4.10. The lowest BCUT2D eigenvalue weighted by Gasteiger charge is -2.13. The van der Waals surface area contributed by atoms with Gasteiger partial charge in [0.25, 0.3) is 0 Å². The van der Waals surface area contributed by atoms with E-state index in [9.17, 15) is 4.79 Å². The molecule has 4 rings (SSSR count). The van der Waals surface area contributed by atoms with Crippen molar-refractivity contribution >= 4 is 17.2 Å². The summed E-state index contributed by atoms with van der Waals surface area (Å²) in [6.45, 7) is 0. The zero-order valence-electron chi connectivity index (χ0n) is 11.6. The van der Waals surface area contributed by atoms with Crippen LogP contribution in [-0.4, -0.2) is 11.3 Å². The second kappa shape index (κ2) is 4.81. The van der Waals surface area contributed by atoms with Gasteiger partial charge in [-0.3, -0.25) is 9.78 Å². The van der Waals surface area contributed by atoms with Crippen molar-refractivity contribution in [2.24, 2.45) is 0 Å². The molecule has 21 heavy (non-hydrogen) atoms. The zero-order valence-corrected chi connectivity index (χ0v) is 11.6. The van der Waals surface area contributed by atoms with Gasteiger partial charge in [-0.15, -0.1) is 0 Å². The maximum absolute atomic E-state index is 11.8. The van der Waals surface area contributed by atoms with Crippen LogP contribution < -0.4 is 0 Å². The van der Waals surface area contributed by atoms with Crippen LogP contribution in [0.2, 0.25) is 0 Å². The van der Waals surface area contributed by atoms with Crippen molar-refractivity contribution in [1.82, 2.24) is 4.98 Å². The van der Waals surface area contributed by atoms with Crippen molar-refractivity contribution in [3.8, 4) is 11.1 Å². The standard InChI is InChI=1S/C19H15NO/c21-12-16-18(13-6-2-1-3-7-13)15-8-4-5-9-17(15)20-19(16)14-10-11-14/h1-9,12,14H,10-11H2. The first-order chi connectivity index (χ1) is 10.4. The minimum absolute atomic E-state index is 0.456. The molecule has 1 fully saturated rings. The van der Waals surface area contributed by atoms with Gasteiger partial charge in [-0.1, -0.05) is 48.5 Å². The van der Waals surface area contributed by atoms with E-state index in [2.05, 4.69) is 12.1 Å². The highest BCUT2D eigenvalue weighted by Crippen LogP contribution is 2.44. The Morgan fingerprint density at radius 2 is 1.67 bits per heavy atom. The molecule has 0 N–H and O–H groups in total. The van der Waals surface area contributed by atoms with Gasteiger partial charge >= 0.3 is 0 Å². The quantitative estimate of drug-likeness (QED) is 0.653. The molecule has 0 aliphatic heterocycles. The lowest BCUT2D eigenvalue weighted by Crippen LogP contribution is -2.00. The van der Waals surface area contributed by atoms with E-state index in [1.165, 1.54) is 0 Å². The fourth-order valence-corrected chi connectivity index (χ4v) is 2.95. The Morgan fingerprint density at radius 3 is 2.38 bits per heavy atom. The van der Waals surface area contributed by atoms with Gasteiger partial charge in [0.15, 0.2) is 6.29 Å². The number of para-hydroxylation sites is 1. The van der Waals surface area contributed by atoms with E-state index < -0.39 is 0 Å². The Bertz CT molecular complexity index is 820. The molecule has 0 bridgehead atoms. The molecule has 0 unspecified atom stereocenters. The number of carbonyl (C=O) groups is 1. The third-order valence-electron chi connectivity index (χ3n) is 4.10. The zero-order chi connectivity index (χ0) is 14.2. The van der Waals surface area contributed by atoms with Crippen molar-refractivity contribution in [3.63, 3.8) is 0 Å². The van der Waals surface area contributed by atoms with E-state index in [1.807, 2.05) is 42.5 Å². The van der Waals surface area contributed by atoms with Gasteiger partial charge < -0.3 is 0 Å². The largest absolute Gasteiger partial charge is 0.298 e. The molecule has 0 radical (unpaired) electrons. The first-order valence-corrected chi connectivity index (χ1v) is 7.31. The highest BCUT2D eigenvalue weighted by molar-refractivity contribution is 6.03. The molecule has 0 spiro atoms. The van der Waals surface area contributed by atoms with E-state index in [0.29, 0.717) is 5.92 Å². The summed E-state index contributed by atoms with van der Waals surface area (Å²) in [5, 5.41) is 1.05. The Hall–Kier alpha value is -2.48. The van der Waals surface area contributed by atoms with Crippen LogP contribution in [0.25, 0.3) is 22.0 Å². The number of aromatic nitrogens is 1. The van der Waals surface area contributed by atoms with Gasteiger partial charge in [-0.25, -0.2) is 0 Å². The molecule has 1 aromatic heterocycles. The molecular formula is C19H15NO. The van der Waals surface area contributed by atoms with E-state index in [-0.39, 0.29) is 0 Å². The average molecular weight is 273 g/mol. The SMILES string of the molecule is O=Cc1c(C2CC2)nc2ccccc2c1-c1ccccc1. The van der Waals surface area contributed by atoms with Crippen LogP contribution in [-0.2, 0) is 0 Å². The number of hydrogen-bond acceptors (Lipinski definition) is 2. The molecule has 0 amide bonds. The molecule has 2 aromatic carbocycles. The van der Waals surface area contributed by atoms with Gasteiger partial charge in [0, 0.05) is 22.4 Å². The summed E-state index contributed by atoms with van der Waals surface area (Å²) in [5.41, 5.74) is 4.83. The molecule has 1 aliphatic rings. The molecule has 3 aromatic rings. The average Bonchev–Trinajstić information content (AvgIpc) is 3.38. The monoisotopic (exact) mass is 273 g/mol. The first kappa shape index (κ1) is 12.3. The summed E-state index contributed by atoms with van der Waals surface area (Å²) in [5.74, 6) is 0.456. The van der Waals surface area contributed by atoms with Crippen molar-refractivity contribution in [2.75, 3.05) is 0 Å². The third kappa shape index (κ3) is 2.04. The first-order valence-electron chi connectivity index (χ1n) is 7.31. The number of rotatable bonds is 3. The molecule has 1 saturated carbocycles. The summed E-state index contributed by atoms with van der Waals surface area (Å²) in [6, 6.07) is 18.2. The predicted molar refractivity (Wildman–Crippen MR) is 84.5 cm³/mol. The summed E-state index contributed by atoms with van der Waals surface area (Å²) in [6.07, 6.45) is 3.26. The highest BCUT2D eigenvalue weighted by Gasteiger charge is 2.30. The van der Waals surface area contributed by atoms with E-state index in [1.54, 1.807) is 0 Å². The Morgan fingerprint density at radius 1 is 0.952 bits per heavy atom. The number of carbonyl (C=O) groups excluding carboxylic acids is 1. The molecule has 2 heteroatoms. The van der Waals surface area contributed by atoms with Crippen LogP contribution in [0, 0.1) is 0 Å². The molecule has 2 nitrogen and oxygen atoms in total. The Kier molecular flexibility index (Phi) is 2.81. The van der Waals surface area contributed by atoms with Crippen molar-refractivity contribution < 1.29 is 4.79 Å². The summed E-state index contributed by atoms with van der Waals surface area (Å²) < 4.78 is 0. The van der Waals surface area contributed by atoms with Crippen LogP contribution in [0.5, 0.6) is 0 Å². The predicted octanol–water partition coefficient (Wildman–Crippen LogP) is 4.59. The molecule has 102 valence electrons.